The number of morpholine rings is 1. The van der Waals surface area contributed by atoms with Crippen LogP contribution in [-0.2, 0) is 4.74 Å². The van der Waals surface area contributed by atoms with Gasteiger partial charge in [0.25, 0.3) is 0 Å². The molecule has 1 N–H and O–H groups in total. The molecule has 94 valence electrons. The zero-order chi connectivity index (χ0) is 11.2. The van der Waals surface area contributed by atoms with Gasteiger partial charge in [0.1, 0.15) is 0 Å². The molecule has 0 aromatic rings. The van der Waals surface area contributed by atoms with Crippen molar-refractivity contribution in [2.24, 2.45) is 5.92 Å². The van der Waals surface area contributed by atoms with Crippen LogP contribution >= 0.6 is 0 Å². The van der Waals surface area contributed by atoms with Crippen molar-refractivity contribution in [3.8, 4) is 0 Å². The molecule has 1 saturated carbocycles. The summed E-state index contributed by atoms with van der Waals surface area (Å²) >= 11 is 0. The Morgan fingerprint density at radius 3 is 2.81 bits per heavy atom. The fraction of sp³-hybridized carbons (Fsp3) is 1.00. The number of ether oxygens (including phenoxy) is 1. The van der Waals surface area contributed by atoms with Crippen LogP contribution in [0.25, 0.3) is 0 Å². The first kappa shape index (κ1) is 12.3. The lowest BCUT2D eigenvalue weighted by Crippen LogP contribution is -2.43. The van der Waals surface area contributed by atoms with Crippen LogP contribution in [0.3, 0.4) is 0 Å². The van der Waals surface area contributed by atoms with Gasteiger partial charge in [-0.2, -0.15) is 0 Å². The quantitative estimate of drug-likeness (QED) is 0.786. The number of rotatable bonds is 4. The standard InChI is InChI=1S/C13H26N2O/c1-12-3-2-4-13(11-12)14-5-6-15-7-9-16-10-8-15/h12-14H,2-11H2,1H3/t12-,13-/m1/s1. The highest BCUT2D eigenvalue weighted by atomic mass is 16.5. The fourth-order valence-corrected chi connectivity index (χ4v) is 2.87. The third kappa shape index (κ3) is 4.04. The summed E-state index contributed by atoms with van der Waals surface area (Å²) in [5.74, 6) is 0.926. The highest BCUT2D eigenvalue weighted by Crippen LogP contribution is 2.23. The second-order valence-electron chi connectivity index (χ2n) is 5.38. The van der Waals surface area contributed by atoms with E-state index in [4.69, 9.17) is 4.74 Å². The molecule has 3 nitrogen and oxygen atoms in total. The van der Waals surface area contributed by atoms with E-state index >= 15 is 0 Å². The average Bonchev–Trinajstić information content (AvgIpc) is 2.30. The number of hydrogen-bond donors (Lipinski definition) is 1. The van der Waals surface area contributed by atoms with E-state index in [-0.39, 0.29) is 0 Å². The van der Waals surface area contributed by atoms with Crippen molar-refractivity contribution >= 4 is 0 Å². The Morgan fingerprint density at radius 2 is 2.06 bits per heavy atom. The van der Waals surface area contributed by atoms with E-state index in [1.165, 1.54) is 32.2 Å². The van der Waals surface area contributed by atoms with Crippen LogP contribution in [0.4, 0.5) is 0 Å². The van der Waals surface area contributed by atoms with E-state index in [1.807, 2.05) is 0 Å². The number of nitrogens with zero attached hydrogens (tertiary/aromatic N) is 1. The molecule has 2 fully saturated rings. The minimum atomic E-state index is 0.782. The summed E-state index contributed by atoms with van der Waals surface area (Å²) in [6, 6.07) is 0.782. The minimum absolute atomic E-state index is 0.782. The summed E-state index contributed by atoms with van der Waals surface area (Å²) in [7, 11) is 0. The van der Waals surface area contributed by atoms with Crippen LogP contribution in [0.2, 0.25) is 0 Å². The van der Waals surface area contributed by atoms with E-state index in [2.05, 4.69) is 17.1 Å². The summed E-state index contributed by atoms with van der Waals surface area (Å²) in [5, 5.41) is 3.72. The first-order valence-electron chi connectivity index (χ1n) is 6.88. The Balaban J connectivity index is 1.56. The van der Waals surface area contributed by atoms with Crippen LogP contribution in [0, 0.1) is 5.92 Å². The highest BCUT2D eigenvalue weighted by Gasteiger charge is 2.18. The van der Waals surface area contributed by atoms with E-state index in [1.54, 1.807) is 0 Å². The van der Waals surface area contributed by atoms with Gasteiger partial charge in [0, 0.05) is 32.2 Å². The maximum absolute atomic E-state index is 5.35. The molecule has 2 rings (SSSR count). The highest BCUT2D eigenvalue weighted by molar-refractivity contribution is 4.76. The van der Waals surface area contributed by atoms with Crippen molar-refractivity contribution in [2.75, 3.05) is 39.4 Å². The third-order valence-corrected chi connectivity index (χ3v) is 3.90. The fourth-order valence-electron chi connectivity index (χ4n) is 2.87. The molecule has 0 bridgehead atoms. The van der Waals surface area contributed by atoms with Crippen molar-refractivity contribution in [3.05, 3.63) is 0 Å². The summed E-state index contributed by atoms with van der Waals surface area (Å²) in [6.45, 7) is 8.79. The molecule has 3 heteroatoms. The van der Waals surface area contributed by atoms with Gasteiger partial charge < -0.3 is 10.1 Å². The van der Waals surface area contributed by atoms with Gasteiger partial charge in [-0.1, -0.05) is 19.8 Å². The average molecular weight is 226 g/mol. The van der Waals surface area contributed by atoms with Crippen LogP contribution in [-0.4, -0.2) is 50.3 Å². The SMILES string of the molecule is C[C@@H]1CCC[C@@H](NCCN2CCOCC2)C1. The predicted octanol–water partition coefficient (Wildman–Crippen LogP) is 1.49. The first-order valence-corrected chi connectivity index (χ1v) is 6.88. The third-order valence-electron chi connectivity index (χ3n) is 3.90. The lowest BCUT2D eigenvalue weighted by molar-refractivity contribution is 0.0379. The lowest BCUT2D eigenvalue weighted by atomic mass is 9.87. The molecule has 0 unspecified atom stereocenters. The van der Waals surface area contributed by atoms with Gasteiger partial charge >= 0.3 is 0 Å². The Bertz CT molecular complexity index is 192. The maximum Gasteiger partial charge on any atom is 0.0594 e. The summed E-state index contributed by atoms with van der Waals surface area (Å²) in [5.41, 5.74) is 0. The molecule has 1 saturated heterocycles. The second kappa shape index (κ2) is 6.58. The summed E-state index contributed by atoms with van der Waals surface area (Å²) in [4.78, 5) is 2.50. The van der Waals surface area contributed by atoms with Crippen LogP contribution < -0.4 is 5.32 Å². The second-order valence-corrected chi connectivity index (χ2v) is 5.38. The van der Waals surface area contributed by atoms with Gasteiger partial charge in [0.05, 0.1) is 13.2 Å². The van der Waals surface area contributed by atoms with Crippen molar-refractivity contribution in [3.63, 3.8) is 0 Å². The predicted molar refractivity (Wildman–Crippen MR) is 66.7 cm³/mol. The van der Waals surface area contributed by atoms with E-state index in [0.29, 0.717) is 0 Å². The molecule has 0 aromatic carbocycles. The zero-order valence-electron chi connectivity index (χ0n) is 10.6. The Morgan fingerprint density at radius 1 is 1.25 bits per heavy atom. The molecule has 2 aliphatic rings. The Labute approximate surface area is 99.5 Å². The molecule has 1 aliphatic carbocycles. The van der Waals surface area contributed by atoms with Gasteiger partial charge in [-0.05, 0) is 18.8 Å². The molecular formula is C13H26N2O. The summed E-state index contributed by atoms with van der Waals surface area (Å²) < 4.78 is 5.35. The molecular weight excluding hydrogens is 200 g/mol. The van der Waals surface area contributed by atoms with E-state index in [9.17, 15) is 0 Å². The van der Waals surface area contributed by atoms with Gasteiger partial charge in [0.2, 0.25) is 0 Å². The van der Waals surface area contributed by atoms with E-state index in [0.717, 1.165) is 44.8 Å². The van der Waals surface area contributed by atoms with Crippen molar-refractivity contribution < 1.29 is 4.74 Å². The van der Waals surface area contributed by atoms with Gasteiger partial charge in [-0.15, -0.1) is 0 Å². The largest absolute Gasteiger partial charge is 0.379 e. The first-order chi connectivity index (χ1) is 7.84. The van der Waals surface area contributed by atoms with Gasteiger partial charge in [-0.25, -0.2) is 0 Å². The molecule has 0 spiro atoms. The number of nitrogens with one attached hydrogen (secondary N) is 1. The summed E-state index contributed by atoms with van der Waals surface area (Å²) in [6.07, 6.45) is 5.61. The van der Waals surface area contributed by atoms with Crippen molar-refractivity contribution in [1.29, 1.82) is 0 Å². The minimum Gasteiger partial charge on any atom is -0.379 e. The van der Waals surface area contributed by atoms with Crippen molar-refractivity contribution in [2.45, 2.75) is 38.6 Å². The monoisotopic (exact) mass is 226 g/mol. The molecule has 1 heterocycles. The Kier molecular flexibility index (Phi) is 5.07. The van der Waals surface area contributed by atoms with Crippen molar-refractivity contribution in [1.82, 2.24) is 10.2 Å². The molecule has 0 radical (unpaired) electrons. The molecule has 16 heavy (non-hydrogen) atoms. The van der Waals surface area contributed by atoms with Gasteiger partial charge in [0.15, 0.2) is 0 Å². The van der Waals surface area contributed by atoms with Crippen LogP contribution in [0.1, 0.15) is 32.6 Å². The van der Waals surface area contributed by atoms with Crippen LogP contribution in [0.15, 0.2) is 0 Å². The normalized spacial score (nSPS) is 32.8. The topological polar surface area (TPSA) is 24.5 Å². The smallest absolute Gasteiger partial charge is 0.0594 e. The van der Waals surface area contributed by atoms with Crippen LogP contribution in [0.5, 0.6) is 0 Å². The van der Waals surface area contributed by atoms with Gasteiger partial charge in [-0.3, -0.25) is 4.90 Å². The lowest BCUT2D eigenvalue weighted by Gasteiger charge is -2.30. The molecule has 2 atom stereocenters. The Hall–Kier alpha value is -0.120. The zero-order valence-corrected chi connectivity index (χ0v) is 10.6. The maximum atomic E-state index is 5.35. The molecule has 0 amide bonds. The molecule has 1 aliphatic heterocycles. The number of hydrogen-bond acceptors (Lipinski definition) is 3. The molecule has 0 aromatic heterocycles. The van der Waals surface area contributed by atoms with E-state index < -0.39 is 0 Å².